The summed E-state index contributed by atoms with van der Waals surface area (Å²) in [6.07, 6.45) is 3.58. The van der Waals surface area contributed by atoms with Crippen LogP contribution in [-0.2, 0) is 6.54 Å². The summed E-state index contributed by atoms with van der Waals surface area (Å²) in [5.41, 5.74) is 4.43. The molecule has 4 heterocycles. The zero-order chi connectivity index (χ0) is 14.5. The van der Waals surface area contributed by atoms with Gasteiger partial charge in [-0.2, -0.15) is 0 Å². The maximum absolute atomic E-state index is 4.84. The maximum atomic E-state index is 4.84. The molecule has 1 aromatic carbocycles. The first-order valence-corrected chi connectivity index (χ1v) is 7.18. The number of nitrogens with zero attached hydrogens (tertiary/aromatic N) is 4. The van der Waals surface area contributed by atoms with E-state index in [4.69, 9.17) is 9.97 Å². The average Bonchev–Trinajstić information content (AvgIpc) is 2.61. The molecular weight excluding hydrogens is 276 g/mol. The van der Waals surface area contributed by atoms with Crippen LogP contribution in [0, 0.1) is 0 Å². The molecule has 0 fully saturated rings. The van der Waals surface area contributed by atoms with E-state index in [1.165, 1.54) is 0 Å². The highest BCUT2D eigenvalue weighted by Crippen LogP contribution is 2.32. The molecule has 0 atom stereocenters. The average molecular weight is 288 g/mol. The molecule has 3 aromatic heterocycles. The van der Waals surface area contributed by atoms with Gasteiger partial charge in [0.1, 0.15) is 5.52 Å². The van der Waals surface area contributed by atoms with Crippen LogP contribution in [0.25, 0.3) is 32.8 Å². The number of pyridine rings is 2. The van der Waals surface area contributed by atoms with E-state index in [0.717, 1.165) is 50.9 Å². The molecule has 2 N–H and O–H groups in total. The molecule has 22 heavy (non-hydrogen) atoms. The van der Waals surface area contributed by atoms with E-state index >= 15 is 0 Å². The third kappa shape index (κ3) is 1.52. The van der Waals surface area contributed by atoms with Gasteiger partial charge in [-0.25, -0.2) is 9.97 Å². The van der Waals surface area contributed by atoms with E-state index in [1.54, 1.807) is 12.4 Å². The van der Waals surface area contributed by atoms with Crippen LogP contribution >= 0.6 is 0 Å². The largest absolute Gasteiger partial charge is 0.356 e. The minimum Gasteiger partial charge on any atom is -0.356 e. The van der Waals surface area contributed by atoms with Gasteiger partial charge in [0.2, 0.25) is 0 Å². The normalized spacial score (nSPS) is 14.2. The van der Waals surface area contributed by atoms with Gasteiger partial charge in [-0.05, 0) is 24.3 Å². The van der Waals surface area contributed by atoms with Gasteiger partial charge < -0.3 is 5.32 Å². The third-order valence-electron chi connectivity index (χ3n) is 3.99. The number of rotatable bonds is 0. The SMILES string of the molecule is c1cnc2c(c1)c1nc3c(nc1c1cccnc12)NCNC3. The van der Waals surface area contributed by atoms with E-state index in [2.05, 4.69) is 20.6 Å². The molecule has 0 amide bonds. The van der Waals surface area contributed by atoms with Crippen molar-refractivity contribution in [3.8, 4) is 0 Å². The Balaban J connectivity index is 2.06. The highest BCUT2D eigenvalue weighted by atomic mass is 15.2. The Morgan fingerprint density at radius 2 is 1.50 bits per heavy atom. The van der Waals surface area contributed by atoms with E-state index in [1.807, 2.05) is 24.3 Å². The fraction of sp³-hybridized carbons (Fsp3) is 0.125. The van der Waals surface area contributed by atoms with Crippen molar-refractivity contribution in [2.45, 2.75) is 6.54 Å². The van der Waals surface area contributed by atoms with Gasteiger partial charge in [0.05, 0.1) is 28.9 Å². The van der Waals surface area contributed by atoms with Gasteiger partial charge >= 0.3 is 0 Å². The Morgan fingerprint density at radius 1 is 0.818 bits per heavy atom. The molecule has 0 saturated carbocycles. The monoisotopic (exact) mass is 288 g/mol. The van der Waals surface area contributed by atoms with Crippen LogP contribution in [0.15, 0.2) is 36.7 Å². The van der Waals surface area contributed by atoms with Gasteiger partial charge in [-0.15, -0.1) is 0 Å². The van der Waals surface area contributed by atoms with Crippen molar-refractivity contribution >= 4 is 38.7 Å². The number of aromatic nitrogens is 4. The Labute approximate surface area is 125 Å². The molecule has 0 radical (unpaired) electrons. The Hall–Kier alpha value is -2.86. The van der Waals surface area contributed by atoms with Crippen molar-refractivity contribution in [1.82, 2.24) is 25.3 Å². The van der Waals surface area contributed by atoms with E-state index in [9.17, 15) is 0 Å². The summed E-state index contributed by atoms with van der Waals surface area (Å²) < 4.78 is 0. The summed E-state index contributed by atoms with van der Waals surface area (Å²) >= 11 is 0. The van der Waals surface area contributed by atoms with E-state index < -0.39 is 0 Å². The number of hydrogen-bond donors (Lipinski definition) is 2. The Morgan fingerprint density at radius 3 is 2.23 bits per heavy atom. The number of fused-ring (bicyclic) bond motifs is 7. The highest BCUT2D eigenvalue weighted by Gasteiger charge is 2.17. The molecule has 4 aromatic rings. The molecule has 1 aliphatic heterocycles. The summed E-state index contributed by atoms with van der Waals surface area (Å²) in [6, 6.07) is 7.91. The van der Waals surface area contributed by atoms with Gasteiger partial charge in [-0.1, -0.05) is 0 Å². The van der Waals surface area contributed by atoms with Crippen LogP contribution in [0.5, 0.6) is 0 Å². The van der Waals surface area contributed by atoms with Crippen LogP contribution in [-0.4, -0.2) is 26.6 Å². The van der Waals surface area contributed by atoms with E-state index in [-0.39, 0.29) is 0 Å². The van der Waals surface area contributed by atoms with Crippen molar-refractivity contribution in [1.29, 1.82) is 0 Å². The molecule has 0 bridgehead atoms. The molecule has 5 rings (SSSR count). The fourth-order valence-corrected chi connectivity index (χ4v) is 3.01. The minimum atomic E-state index is 0.707. The predicted octanol–water partition coefficient (Wildman–Crippen LogP) is 2.20. The zero-order valence-corrected chi connectivity index (χ0v) is 11.7. The number of nitrogens with one attached hydrogen (secondary N) is 2. The molecule has 106 valence electrons. The molecule has 6 heteroatoms. The lowest BCUT2D eigenvalue weighted by Gasteiger charge is -2.18. The predicted molar refractivity (Wildman–Crippen MR) is 85.5 cm³/mol. The molecule has 0 saturated heterocycles. The van der Waals surface area contributed by atoms with Crippen LogP contribution < -0.4 is 10.6 Å². The fourth-order valence-electron chi connectivity index (χ4n) is 3.01. The summed E-state index contributed by atoms with van der Waals surface area (Å²) in [6.45, 7) is 1.43. The zero-order valence-electron chi connectivity index (χ0n) is 11.7. The number of anilines is 1. The maximum Gasteiger partial charge on any atom is 0.150 e. The number of hydrogen-bond acceptors (Lipinski definition) is 6. The summed E-state index contributed by atoms with van der Waals surface area (Å²) in [4.78, 5) is 18.7. The van der Waals surface area contributed by atoms with Gasteiger partial charge in [-0.3, -0.25) is 15.3 Å². The van der Waals surface area contributed by atoms with Crippen molar-refractivity contribution in [3.63, 3.8) is 0 Å². The quantitative estimate of drug-likeness (QED) is 0.483. The van der Waals surface area contributed by atoms with Crippen molar-refractivity contribution in [2.75, 3.05) is 12.0 Å². The van der Waals surface area contributed by atoms with Gasteiger partial charge in [0.25, 0.3) is 0 Å². The molecule has 0 spiro atoms. The lowest BCUT2D eigenvalue weighted by atomic mass is 10.1. The Bertz CT molecular complexity index is 958. The summed E-state index contributed by atoms with van der Waals surface area (Å²) in [5.74, 6) is 0.847. The second-order valence-corrected chi connectivity index (χ2v) is 5.30. The van der Waals surface area contributed by atoms with Crippen LogP contribution in [0.2, 0.25) is 0 Å². The molecular formula is C16H12N6. The first-order chi connectivity index (χ1) is 10.9. The third-order valence-corrected chi connectivity index (χ3v) is 3.99. The summed E-state index contributed by atoms with van der Waals surface area (Å²) in [7, 11) is 0. The minimum absolute atomic E-state index is 0.707. The molecule has 1 aliphatic rings. The van der Waals surface area contributed by atoms with Crippen molar-refractivity contribution < 1.29 is 0 Å². The lowest BCUT2D eigenvalue weighted by Crippen LogP contribution is -2.29. The molecule has 6 nitrogen and oxygen atoms in total. The molecule has 0 aliphatic carbocycles. The highest BCUT2D eigenvalue weighted by molar-refractivity contribution is 6.20. The second kappa shape index (κ2) is 4.32. The Kier molecular flexibility index (Phi) is 2.31. The van der Waals surface area contributed by atoms with Crippen molar-refractivity contribution in [3.05, 3.63) is 42.4 Å². The van der Waals surface area contributed by atoms with Gasteiger partial charge in [0.15, 0.2) is 5.82 Å². The standard InChI is InChI=1S/C16H12N6/c1-3-9-12(18-5-1)13-10(4-2-6-19-13)15-14(9)21-11-7-17-8-20-16(11)22-15/h1-6,17H,7-8H2,(H,20,22). The molecule has 0 unspecified atom stereocenters. The second-order valence-electron chi connectivity index (χ2n) is 5.30. The van der Waals surface area contributed by atoms with Gasteiger partial charge in [0, 0.05) is 29.7 Å². The van der Waals surface area contributed by atoms with Crippen LogP contribution in [0.4, 0.5) is 5.82 Å². The lowest BCUT2D eigenvalue weighted by molar-refractivity contribution is 0.687. The topological polar surface area (TPSA) is 75.6 Å². The van der Waals surface area contributed by atoms with Crippen molar-refractivity contribution in [2.24, 2.45) is 0 Å². The van der Waals surface area contributed by atoms with Crippen LogP contribution in [0.3, 0.4) is 0 Å². The van der Waals surface area contributed by atoms with Crippen LogP contribution in [0.1, 0.15) is 5.69 Å². The smallest absolute Gasteiger partial charge is 0.150 e. The first-order valence-electron chi connectivity index (χ1n) is 7.18. The first kappa shape index (κ1) is 11.8. The van der Waals surface area contributed by atoms with E-state index in [0.29, 0.717) is 6.67 Å². The number of benzene rings is 1. The summed E-state index contributed by atoms with van der Waals surface area (Å²) in [5, 5.41) is 8.47.